The van der Waals surface area contributed by atoms with Crippen LogP contribution in [0.15, 0.2) is 30.6 Å². The number of rotatable bonds is 6. The number of pyridine rings is 1. The second kappa shape index (κ2) is 5.80. The lowest BCUT2D eigenvalue weighted by molar-refractivity contribution is 0.127. The van der Waals surface area contributed by atoms with Crippen LogP contribution in [0.2, 0.25) is 0 Å². The molecule has 1 N–H and O–H groups in total. The highest BCUT2D eigenvalue weighted by Crippen LogP contribution is 2.04. The van der Waals surface area contributed by atoms with E-state index in [9.17, 15) is 0 Å². The van der Waals surface area contributed by atoms with Gasteiger partial charge in [0.05, 0.1) is 12.3 Å². The topological polar surface area (TPSA) is 38.6 Å². The third kappa shape index (κ3) is 3.28. The Hall–Kier alpha value is -1.39. The van der Waals surface area contributed by atoms with Crippen molar-refractivity contribution in [1.82, 2.24) is 14.7 Å². The van der Waals surface area contributed by atoms with Crippen molar-refractivity contribution in [2.24, 2.45) is 0 Å². The first-order valence-electron chi connectivity index (χ1n) is 6.03. The number of ether oxygens (including phenoxy) is 1. The molecule has 0 fully saturated rings. The van der Waals surface area contributed by atoms with Crippen LogP contribution >= 0.6 is 0 Å². The van der Waals surface area contributed by atoms with E-state index >= 15 is 0 Å². The molecule has 0 aromatic carbocycles. The van der Waals surface area contributed by atoms with E-state index in [1.807, 2.05) is 35.7 Å². The number of imidazole rings is 1. The molecule has 0 aliphatic heterocycles. The highest BCUT2D eigenvalue weighted by Gasteiger charge is 2.04. The molecule has 0 spiro atoms. The maximum Gasteiger partial charge on any atom is 0.137 e. The zero-order valence-corrected chi connectivity index (χ0v) is 10.4. The standard InChI is InChI=1S/C13H19N3O/c1-3-17-10-11(2)14-8-12-9-16-7-5-4-6-13(16)15-12/h4-7,9,11,14H,3,8,10H2,1-2H3. The highest BCUT2D eigenvalue weighted by molar-refractivity contribution is 5.39. The van der Waals surface area contributed by atoms with Gasteiger partial charge in [0.2, 0.25) is 0 Å². The number of hydrogen-bond donors (Lipinski definition) is 1. The van der Waals surface area contributed by atoms with Gasteiger partial charge in [-0.3, -0.25) is 0 Å². The Morgan fingerprint density at radius 2 is 2.35 bits per heavy atom. The van der Waals surface area contributed by atoms with Crippen LogP contribution in [0.3, 0.4) is 0 Å². The Morgan fingerprint density at radius 3 is 3.12 bits per heavy atom. The second-order valence-corrected chi connectivity index (χ2v) is 4.14. The number of nitrogens with zero attached hydrogens (tertiary/aromatic N) is 2. The van der Waals surface area contributed by atoms with Crippen LogP contribution in [-0.2, 0) is 11.3 Å². The maximum atomic E-state index is 5.35. The van der Waals surface area contributed by atoms with Crippen LogP contribution in [0.1, 0.15) is 19.5 Å². The molecule has 2 rings (SSSR count). The van der Waals surface area contributed by atoms with E-state index in [-0.39, 0.29) is 0 Å². The molecule has 0 amide bonds. The first-order chi connectivity index (χ1) is 8.29. The van der Waals surface area contributed by atoms with Gasteiger partial charge < -0.3 is 14.5 Å². The van der Waals surface area contributed by atoms with Gasteiger partial charge in [-0.15, -0.1) is 0 Å². The number of hydrogen-bond acceptors (Lipinski definition) is 3. The first kappa shape index (κ1) is 12.1. The maximum absolute atomic E-state index is 5.35. The Bertz CT molecular complexity index is 433. The number of nitrogens with one attached hydrogen (secondary N) is 1. The molecule has 0 saturated carbocycles. The summed E-state index contributed by atoms with van der Waals surface area (Å²) in [6, 6.07) is 6.35. The molecule has 2 aromatic rings. The summed E-state index contributed by atoms with van der Waals surface area (Å²) in [7, 11) is 0. The summed E-state index contributed by atoms with van der Waals surface area (Å²) in [6.45, 7) is 6.40. The molecule has 4 heteroatoms. The molecule has 4 nitrogen and oxygen atoms in total. The number of aromatic nitrogens is 2. The highest BCUT2D eigenvalue weighted by atomic mass is 16.5. The second-order valence-electron chi connectivity index (χ2n) is 4.14. The molecule has 1 unspecified atom stereocenters. The summed E-state index contributed by atoms with van der Waals surface area (Å²) in [5.74, 6) is 0. The SMILES string of the molecule is CCOCC(C)NCc1cn2ccccc2n1. The van der Waals surface area contributed by atoms with Crippen LogP contribution in [0.25, 0.3) is 5.65 Å². The van der Waals surface area contributed by atoms with Crippen molar-refractivity contribution in [2.75, 3.05) is 13.2 Å². The largest absolute Gasteiger partial charge is 0.380 e. The van der Waals surface area contributed by atoms with Gasteiger partial charge in [0.25, 0.3) is 0 Å². The predicted molar refractivity (Wildman–Crippen MR) is 68.0 cm³/mol. The Labute approximate surface area is 102 Å². The monoisotopic (exact) mass is 233 g/mol. The summed E-state index contributed by atoms with van der Waals surface area (Å²) in [4.78, 5) is 4.52. The summed E-state index contributed by atoms with van der Waals surface area (Å²) >= 11 is 0. The minimum Gasteiger partial charge on any atom is -0.380 e. The van der Waals surface area contributed by atoms with E-state index in [4.69, 9.17) is 4.74 Å². The van der Waals surface area contributed by atoms with Crippen molar-refractivity contribution in [3.8, 4) is 0 Å². The number of fused-ring (bicyclic) bond motifs is 1. The lowest BCUT2D eigenvalue weighted by Gasteiger charge is -2.12. The van der Waals surface area contributed by atoms with Gasteiger partial charge in [-0.05, 0) is 26.0 Å². The fourth-order valence-electron chi connectivity index (χ4n) is 1.70. The Balaban J connectivity index is 1.90. The van der Waals surface area contributed by atoms with Crippen LogP contribution in [-0.4, -0.2) is 28.6 Å². The molecular weight excluding hydrogens is 214 g/mol. The fraction of sp³-hybridized carbons (Fsp3) is 0.462. The van der Waals surface area contributed by atoms with Crippen LogP contribution in [0.5, 0.6) is 0 Å². The fourth-order valence-corrected chi connectivity index (χ4v) is 1.70. The predicted octanol–water partition coefficient (Wildman–Crippen LogP) is 1.85. The van der Waals surface area contributed by atoms with Crippen molar-refractivity contribution >= 4 is 5.65 Å². The molecular formula is C13H19N3O. The zero-order chi connectivity index (χ0) is 12.1. The lowest BCUT2D eigenvalue weighted by Crippen LogP contribution is -2.30. The lowest BCUT2D eigenvalue weighted by atomic mass is 10.3. The normalized spacial score (nSPS) is 13.1. The van der Waals surface area contributed by atoms with Crippen LogP contribution in [0, 0.1) is 0 Å². The van der Waals surface area contributed by atoms with Gasteiger partial charge >= 0.3 is 0 Å². The van der Waals surface area contributed by atoms with Gasteiger partial charge in [-0.1, -0.05) is 6.07 Å². The molecule has 17 heavy (non-hydrogen) atoms. The molecule has 2 heterocycles. The van der Waals surface area contributed by atoms with E-state index in [0.29, 0.717) is 6.04 Å². The average Bonchev–Trinajstić information content (AvgIpc) is 2.76. The van der Waals surface area contributed by atoms with Crippen LogP contribution in [0.4, 0.5) is 0 Å². The van der Waals surface area contributed by atoms with E-state index in [2.05, 4.69) is 23.4 Å². The van der Waals surface area contributed by atoms with E-state index in [0.717, 1.165) is 31.1 Å². The molecule has 0 saturated heterocycles. The van der Waals surface area contributed by atoms with Crippen molar-refractivity contribution in [1.29, 1.82) is 0 Å². The van der Waals surface area contributed by atoms with Gasteiger partial charge in [0.1, 0.15) is 5.65 Å². The minimum absolute atomic E-state index is 0.347. The quantitative estimate of drug-likeness (QED) is 0.827. The molecule has 0 radical (unpaired) electrons. The average molecular weight is 233 g/mol. The Kier molecular flexibility index (Phi) is 4.12. The smallest absolute Gasteiger partial charge is 0.137 e. The summed E-state index contributed by atoms with van der Waals surface area (Å²) < 4.78 is 7.39. The molecule has 0 aliphatic rings. The van der Waals surface area contributed by atoms with Gasteiger partial charge in [0, 0.05) is 31.6 Å². The molecule has 2 aromatic heterocycles. The molecule has 92 valence electrons. The van der Waals surface area contributed by atoms with Crippen molar-refractivity contribution in [3.05, 3.63) is 36.3 Å². The Morgan fingerprint density at radius 1 is 1.47 bits per heavy atom. The summed E-state index contributed by atoms with van der Waals surface area (Å²) in [5, 5.41) is 3.39. The van der Waals surface area contributed by atoms with Gasteiger partial charge in [0.15, 0.2) is 0 Å². The summed E-state index contributed by atoms with van der Waals surface area (Å²) in [6.07, 6.45) is 4.06. The minimum atomic E-state index is 0.347. The molecule has 0 bridgehead atoms. The molecule has 1 atom stereocenters. The van der Waals surface area contributed by atoms with Crippen molar-refractivity contribution in [2.45, 2.75) is 26.4 Å². The third-order valence-electron chi connectivity index (χ3n) is 2.62. The van der Waals surface area contributed by atoms with Gasteiger partial charge in [-0.25, -0.2) is 4.98 Å². The molecule has 0 aliphatic carbocycles. The van der Waals surface area contributed by atoms with Crippen molar-refractivity contribution < 1.29 is 4.74 Å². The zero-order valence-electron chi connectivity index (χ0n) is 10.4. The third-order valence-corrected chi connectivity index (χ3v) is 2.62. The first-order valence-corrected chi connectivity index (χ1v) is 6.03. The van der Waals surface area contributed by atoms with E-state index in [1.54, 1.807) is 0 Å². The van der Waals surface area contributed by atoms with Crippen LogP contribution < -0.4 is 5.32 Å². The van der Waals surface area contributed by atoms with Gasteiger partial charge in [-0.2, -0.15) is 0 Å². The van der Waals surface area contributed by atoms with Crippen molar-refractivity contribution in [3.63, 3.8) is 0 Å². The summed E-state index contributed by atoms with van der Waals surface area (Å²) in [5.41, 5.74) is 2.04. The van der Waals surface area contributed by atoms with E-state index in [1.165, 1.54) is 0 Å². The van der Waals surface area contributed by atoms with E-state index < -0.39 is 0 Å².